The fourth-order valence-corrected chi connectivity index (χ4v) is 4.79. The Bertz CT molecular complexity index is 1360. The molecule has 1 amide bonds. The number of amides is 1. The van der Waals surface area contributed by atoms with Crippen LogP contribution in [0.15, 0.2) is 64.2 Å². The molecule has 0 aliphatic carbocycles. The van der Waals surface area contributed by atoms with Crippen molar-refractivity contribution in [3.05, 3.63) is 91.0 Å². The second-order valence-electron chi connectivity index (χ2n) is 6.90. The van der Waals surface area contributed by atoms with Crippen molar-refractivity contribution in [3.63, 3.8) is 0 Å². The molecule has 4 rings (SSSR count). The normalized spacial score (nSPS) is 11.3. The Hall–Kier alpha value is -3.30. The molecule has 31 heavy (non-hydrogen) atoms. The lowest BCUT2D eigenvalue weighted by molar-refractivity contribution is -0.384. The molecular weight excluding hydrogens is 480 g/mol. The Morgan fingerprint density at radius 3 is 2.71 bits per heavy atom. The summed E-state index contributed by atoms with van der Waals surface area (Å²) in [5.74, 6) is -0.361. The fourth-order valence-electron chi connectivity index (χ4n) is 3.39. The molecular formula is C22H17BrN4O3S. The number of benzene rings is 2. The molecule has 1 N–H and O–H groups in total. The molecule has 4 aromatic rings. The van der Waals surface area contributed by atoms with Crippen LogP contribution in [0.5, 0.6) is 0 Å². The molecule has 0 aliphatic rings. The van der Waals surface area contributed by atoms with Crippen LogP contribution in [0.3, 0.4) is 0 Å². The van der Waals surface area contributed by atoms with Gasteiger partial charge in [-0.1, -0.05) is 12.1 Å². The van der Waals surface area contributed by atoms with Gasteiger partial charge in [0.25, 0.3) is 11.6 Å². The molecule has 0 saturated heterocycles. The molecule has 0 bridgehead atoms. The van der Waals surface area contributed by atoms with Gasteiger partial charge in [0.2, 0.25) is 0 Å². The van der Waals surface area contributed by atoms with Gasteiger partial charge >= 0.3 is 0 Å². The largest absolute Gasteiger partial charge is 0.317 e. The van der Waals surface area contributed by atoms with E-state index in [9.17, 15) is 14.9 Å². The van der Waals surface area contributed by atoms with Crippen LogP contribution in [0.4, 0.5) is 5.69 Å². The van der Waals surface area contributed by atoms with E-state index in [-0.39, 0.29) is 11.6 Å². The van der Waals surface area contributed by atoms with Gasteiger partial charge in [-0.3, -0.25) is 14.9 Å². The quantitative estimate of drug-likeness (QED) is 0.217. The molecule has 2 aromatic carbocycles. The van der Waals surface area contributed by atoms with Crippen LogP contribution in [0.1, 0.15) is 26.6 Å². The predicted octanol–water partition coefficient (Wildman–Crippen LogP) is 5.74. The molecule has 0 atom stereocenters. The summed E-state index contributed by atoms with van der Waals surface area (Å²) in [5, 5.41) is 15.7. The van der Waals surface area contributed by atoms with Gasteiger partial charge in [0.05, 0.1) is 21.7 Å². The van der Waals surface area contributed by atoms with Crippen LogP contribution in [-0.4, -0.2) is 21.6 Å². The van der Waals surface area contributed by atoms with Gasteiger partial charge in [-0.2, -0.15) is 5.10 Å². The predicted molar refractivity (Wildman–Crippen MR) is 126 cm³/mol. The number of hydrogen-bond acceptors (Lipinski definition) is 5. The monoisotopic (exact) mass is 496 g/mol. The molecule has 156 valence electrons. The standard InChI is InChI=1S/C22H17BrN4O3S/c1-13-9-16(14(2)26(13)19-6-4-3-5-18(19)23)12-24-25-22(28)21-11-15-10-17(27(29)30)7-8-20(15)31-21/h3-12H,1-2H3,(H,25,28). The zero-order valence-electron chi connectivity index (χ0n) is 16.6. The first-order chi connectivity index (χ1) is 14.8. The van der Waals surface area contributed by atoms with Crippen LogP contribution in [-0.2, 0) is 0 Å². The third kappa shape index (κ3) is 4.14. The van der Waals surface area contributed by atoms with Gasteiger partial charge < -0.3 is 4.57 Å². The Kier molecular flexibility index (Phi) is 5.71. The molecule has 0 saturated carbocycles. The number of nitro benzene ring substituents is 1. The Balaban J connectivity index is 1.53. The van der Waals surface area contributed by atoms with E-state index in [4.69, 9.17) is 0 Å². The molecule has 0 fully saturated rings. The van der Waals surface area contributed by atoms with Crippen LogP contribution in [0.25, 0.3) is 15.8 Å². The number of rotatable bonds is 5. The van der Waals surface area contributed by atoms with Gasteiger partial charge in [-0.05, 0) is 60.1 Å². The van der Waals surface area contributed by atoms with Crippen molar-refractivity contribution in [1.29, 1.82) is 0 Å². The highest BCUT2D eigenvalue weighted by Crippen LogP contribution is 2.29. The van der Waals surface area contributed by atoms with E-state index in [0.29, 0.717) is 10.3 Å². The molecule has 7 nitrogen and oxygen atoms in total. The number of carbonyl (C=O) groups excluding carboxylic acids is 1. The molecule has 0 spiro atoms. The first-order valence-electron chi connectivity index (χ1n) is 9.30. The highest BCUT2D eigenvalue weighted by atomic mass is 79.9. The minimum atomic E-state index is -0.453. The molecule has 0 aliphatic heterocycles. The smallest absolute Gasteiger partial charge is 0.281 e. The van der Waals surface area contributed by atoms with Gasteiger partial charge in [-0.25, -0.2) is 5.43 Å². The average molecular weight is 497 g/mol. The van der Waals surface area contributed by atoms with Crippen molar-refractivity contribution >= 4 is 55.2 Å². The van der Waals surface area contributed by atoms with Gasteiger partial charge in [0, 0.05) is 43.6 Å². The van der Waals surface area contributed by atoms with E-state index < -0.39 is 4.92 Å². The minimum absolute atomic E-state index is 0.00399. The lowest BCUT2D eigenvalue weighted by atomic mass is 10.2. The highest BCUT2D eigenvalue weighted by Gasteiger charge is 2.14. The summed E-state index contributed by atoms with van der Waals surface area (Å²) in [6.45, 7) is 4.01. The summed E-state index contributed by atoms with van der Waals surface area (Å²) in [4.78, 5) is 23.4. The van der Waals surface area contributed by atoms with E-state index in [2.05, 4.69) is 31.0 Å². The van der Waals surface area contributed by atoms with Crippen molar-refractivity contribution in [2.45, 2.75) is 13.8 Å². The van der Waals surface area contributed by atoms with E-state index >= 15 is 0 Å². The lowest BCUT2D eigenvalue weighted by Crippen LogP contribution is -2.16. The first-order valence-corrected chi connectivity index (χ1v) is 10.9. The summed E-state index contributed by atoms with van der Waals surface area (Å²) in [5.41, 5.74) is 6.50. The minimum Gasteiger partial charge on any atom is -0.317 e. The lowest BCUT2D eigenvalue weighted by Gasteiger charge is -2.11. The number of aromatic nitrogens is 1. The number of carbonyl (C=O) groups is 1. The average Bonchev–Trinajstić information content (AvgIpc) is 3.29. The highest BCUT2D eigenvalue weighted by molar-refractivity contribution is 9.10. The maximum absolute atomic E-state index is 12.5. The zero-order valence-corrected chi connectivity index (χ0v) is 19.0. The molecule has 0 radical (unpaired) electrons. The van der Waals surface area contributed by atoms with Crippen LogP contribution >= 0.6 is 27.3 Å². The van der Waals surface area contributed by atoms with Crippen LogP contribution in [0, 0.1) is 24.0 Å². The maximum atomic E-state index is 12.5. The number of nitrogens with zero attached hydrogens (tertiary/aromatic N) is 3. The number of hydrogen-bond donors (Lipinski definition) is 1. The number of para-hydroxylation sites is 1. The van der Waals surface area contributed by atoms with Gasteiger partial charge in [0.1, 0.15) is 0 Å². The third-order valence-corrected chi connectivity index (χ3v) is 6.65. The second kappa shape index (κ2) is 8.44. The Morgan fingerprint density at radius 2 is 1.97 bits per heavy atom. The van der Waals surface area contributed by atoms with Crippen molar-refractivity contribution in [2.24, 2.45) is 5.10 Å². The van der Waals surface area contributed by atoms with Gasteiger partial charge in [0.15, 0.2) is 0 Å². The Labute approximate surface area is 190 Å². The van der Waals surface area contributed by atoms with E-state index in [1.807, 2.05) is 44.2 Å². The third-order valence-electron chi connectivity index (χ3n) is 4.87. The van der Waals surface area contributed by atoms with E-state index in [1.165, 1.54) is 23.5 Å². The molecule has 2 heterocycles. The number of fused-ring (bicyclic) bond motifs is 1. The number of non-ortho nitro benzene ring substituents is 1. The zero-order chi connectivity index (χ0) is 22.1. The molecule has 0 unspecified atom stereocenters. The van der Waals surface area contributed by atoms with Crippen molar-refractivity contribution in [3.8, 4) is 5.69 Å². The van der Waals surface area contributed by atoms with E-state index in [1.54, 1.807) is 18.3 Å². The number of nitrogens with one attached hydrogen (secondary N) is 1. The topological polar surface area (TPSA) is 89.5 Å². The van der Waals surface area contributed by atoms with E-state index in [0.717, 1.165) is 31.8 Å². The summed E-state index contributed by atoms with van der Waals surface area (Å²) in [6, 6.07) is 16.1. The number of thiophene rings is 1. The summed E-state index contributed by atoms with van der Waals surface area (Å²) in [7, 11) is 0. The fraction of sp³-hybridized carbons (Fsp3) is 0.0909. The number of halogens is 1. The molecule has 9 heteroatoms. The summed E-state index contributed by atoms with van der Waals surface area (Å²) in [6.07, 6.45) is 1.62. The SMILES string of the molecule is Cc1cc(C=NNC(=O)c2cc3cc([N+](=O)[O-])ccc3s2)c(C)n1-c1ccccc1Br. The number of aryl methyl sites for hydroxylation is 1. The van der Waals surface area contributed by atoms with Crippen molar-refractivity contribution < 1.29 is 9.72 Å². The van der Waals surface area contributed by atoms with Crippen LogP contribution in [0.2, 0.25) is 0 Å². The summed E-state index contributed by atoms with van der Waals surface area (Å²) >= 11 is 4.85. The first kappa shape index (κ1) is 21.0. The number of hydrazone groups is 1. The Morgan fingerprint density at radius 1 is 1.19 bits per heavy atom. The number of nitro groups is 1. The second-order valence-corrected chi connectivity index (χ2v) is 8.84. The maximum Gasteiger partial charge on any atom is 0.281 e. The van der Waals surface area contributed by atoms with Gasteiger partial charge in [-0.15, -0.1) is 11.3 Å². The summed E-state index contributed by atoms with van der Waals surface area (Å²) < 4.78 is 3.90. The molecule has 2 aromatic heterocycles. The van der Waals surface area contributed by atoms with Crippen LogP contribution < -0.4 is 5.43 Å². The van der Waals surface area contributed by atoms with Crippen molar-refractivity contribution in [1.82, 2.24) is 9.99 Å². The van der Waals surface area contributed by atoms with Crippen molar-refractivity contribution in [2.75, 3.05) is 0 Å².